The SMILES string of the molecule is COc1ccc(S(=O)(=O)N2CCC[C@@H](C(=O)Nc3ccccc3C(=O)NC[C@@H]3CCCO3)C2)cc1. The number of carbonyl (C=O) groups is 2. The fraction of sp³-hybridized carbons (Fsp3) is 0.440. The molecule has 0 spiro atoms. The van der Waals surface area contributed by atoms with E-state index in [9.17, 15) is 18.0 Å². The summed E-state index contributed by atoms with van der Waals surface area (Å²) in [5.74, 6) is -0.555. The minimum absolute atomic E-state index is 0.0153. The first-order valence-electron chi connectivity index (χ1n) is 11.8. The molecule has 188 valence electrons. The Labute approximate surface area is 205 Å². The predicted octanol–water partition coefficient (Wildman–Crippen LogP) is 2.64. The molecule has 2 atom stereocenters. The third kappa shape index (κ3) is 6.01. The first-order chi connectivity index (χ1) is 16.9. The van der Waals surface area contributed by atoms with Gasteiger partial charge in [-0.15, -0.1) is 0 Å². The highest BCUT2D eigenvalue weighted by Gasteiger charge is 2.33. The van der Waals surface area contributed by atoms with Crippen molar-refractivity contribution in [3.63, 3.8) is 0 Å². The summed E-state index contributed by atoms with van der Waals surface area (Å²) in [6, 6.07) is 13.0. The standard InChI is InChI=1S/C25H31N3O6S/c1-33-19-10-12-21(13-11-19)35(31,32)28-14-4-6-18(17-28)24(29)27-23-9-3-2-8-22(23)25(30)26-16-20-7-5-15-34-20/h2-3,8-13,18,20H,4-7,14-17H2,1H3,(H,26,30)(H,27,29)/t18-,20+/m1/s1. The molecule has 10 heteroatoms. The third-order valence-corrected chi connectivity index (χ3v) is 8.28. The van der Waals surface area contributed by atoms with Crippen LogP contribution in [0.3, 0.4) is 0 Å². The highest BCUT2D eigenvalue weighted by atomic mass is 32.2. The van der Waals surface area contributed by atoms with E-state index in [0.717, 1.165) is 12.8 Å². The quantitative estimate of drug-likeness (QED) is 0.575. The van der Waals surface area contributed by atoms with Crippen molar-refractivity contribution in [2.75, 3.05) is 38.7 Å². The van der Waals surface area contributed by atoms with Gasteiger partial charge in [-0.1, -0.05) is 12.1 Å². The molecule has 2 aliphatic heterocycles. The molecule has 4 rings (SSSR count). The zero-order valence-electron chi connectivity index (χ0n) is 19.7. The van der Waals surface area contributed by atoms with Crippen LogP contribution in [0, 0.1) is 5.92 Å². The van der Waals surface area contributed by atoms with Gasteiger partial charge in [-0.05, 0) is 62.1 Å². The number of anilines is 1. The number of sulfonamides is 1. The van der Waals surface area contributed by atoms with E-state index in [1.807, 2.05) is 0 Å². The van der Waals surface area contributed by atoms with Crippen molar-refractivity contribution < 1.29 is 27.5 Å². The van der Waals surface area contributed by atoms with Gasteiger partial charge in [0.15, 0.2) is 0 Å². The van der Waals surface area contributed by atoms with Crippen LogP contribution in [-0.4, -0.2) is 64.0 Å². The summed E-state index contributed by atoms with van der Waals surface area (Å²) in [4.78, 5) is 26.0. The zero-order valence-corrected chi connectivity index (χ0v) is 20.6. The lowest BCUT2D eigenvalue weighted by Gasteiger charge is -2.31. The van der Waals surface area contributed by atoms with E-state index in [0.29, 0.717) is 49.5 Å². The molecule has 2 aliphatic rings. The van der Waals surface area contributed by atoms with Gasteiger partial charge in [0.05, 0.1) is 35.3 Å². The molecular formula is C25H31N3O6S. The second kappa shape index (κ2) is 11.2. The molecule has 0 saturated carbocycles. The molecule has 2 aromatic carbocycles. The number of carbonyl (C=O) groups excluding carboxylic acids is 2. The van der Waals surface area contributed by atoms with Crippen LogP contribution in [0.1, 0.15) is 36.0 Å². The highest BCUT2D eigenvalue weighted by molar-refractivity contribution is 7.89. The molecule has 2 amide bonds. The maximum Gasteiger partial charge on any atom is 0.253 e. The van der Waals surface area contributed by atoms with Gasteiger partial charge in [0, 0.05) is 26.2 Å². The fourth-order valence-corrected chi connectivity index (χ4v) is 5.93. The Morgan fingerprint density at radius 3 is 2.57 bits per heavy atom. The molecule has 0 radical (unpaired) electrons. The van der Waals surface area contributed by atoms with Crippen LogP contribution in [0.2, 0.25) is 0 Å². The molecule has 2 saturated heterocycles. The summed E-state index contributed by atoms with van der Waals surface area (Å²) in [5, 5.41) is 5.72. The second-order valence-electron chi connectivity index (χ2n) is 8.76. The number of benzene rings is 2. The van der Waals surface area contributed by atoms with Crippen molar-refractivity contribution in [3.05, 3.63) is 54.1 Å². The van der Waals surface area contributed by atoms with E-state index < -0.39 is 15.9 Å². The van der Waals surface area contributed by atoms with E-state index in [1.54, 1.807) is 36.4 Å². The summed E-state index contributed by atoms with van der Waals surface area (Å²) < 4.78 is 38.3. The van der Waals surface area contributed by atoms with E-state index in [1.165, 1.54) is 23.5 Å². The Bertz CT molecular complexity index is 1150. The molecule has 0 bridgehead atoms. The molecule has 9 nitrogen and oxygen atoms in total. The second-order valence-corrected chi connectivity index (χ2v) is 10.7. The molecule has 2 aromatic rings. The van der Waals surface area contributed by atoms with Gasteiger partial charge in [0.25, 0.3) is 5.91 Å². The first kappa shape index (κ1) is 25.2. The van der Waals surface area contributed by atoms with Crippen molar-refractivity contribution >= 4 is 27.5 Å². The van der Waals surface area contributed by atoms with E-state index in [4.69, 9.17) is 9.47 Å². The van der Waals surface area contributed by atoms with Crippen LogP contribution >= 0.6 is 0 Å². The van der Waals surface area contributed by atoms with Crippen LogP contribution in [0.25, 0.3) is 0 Å². The number of nitrogens with one attached hydrogen (secondary N) is 2. The van der Waals surface area contributed by atoms with Crippen LogP contribution in [0.5, 0.6) is 5.75 Å². The van der Waals surface area contributed by atoms with Crippen LogP contribution < -0.4 is 15.4 Å². The van der Waals surface area contributed by atoms with Crippen molar-refractivity contribution in [1.82, 2.24) is 9.62 Å². The van der Waals surface area contributed by atoms with Gasteiger partial charge in [-0.3, -0.25) is 9.59 Å². The van der Waals surface area contributed by atoms with E-state index in [2.05, 4.69) is 10.6 Å². The van der Waals surface area contributed by atoms with Gasteiger partial charge in [-0.25, -0.2) is 8.42 Å². The summed E-state index contributed by atoms with van der Waals surface area (Å²) in [6.07, 6.45) is 3.04. The van der Waals surface area contributed by atoms with E-state index >= 15 is 0 Å². The van der Waals surface area contributed by atoms with Gasteiger partial charge in [-0.2, -0.15) is 4.31 Å². The van der Waals surface area contributed by atoms with Gasteiger partial charge < -0.3 is 20.1 Å². The number of nitrogens with zero attached hydrogens (tertiary/aromatic N) is 1. The summed E-state index contributed by atoms with van der Waals surface area (Å²) in [6.45, 7) is 1.55. The van der Waals surface area contributed by atoms with Crippen molar-refractivity contribution in [3.8, 4) is 5.75 Å². The Balaban J connectivity index is 1.41. The predicted molar refractivity (Wildman–Crippen MR) is 131 cm³/mol. The smallest absolute Gasteiger partial charge is 0.253 e. The largest absolute Gasteiger partial charge is 0.497 e. The maximum atomic E-state index is 13.1. The number of amides is 2. The number of rotatable bonds is 8. The molecule has 35 heavy (non-hydrogen) atoms. The van der Waals surface area contributed by atoms with Crippen LogP contribution in [0.4, 0.5) is 5.69 Å². The maximum absolute atomic E-state index is 13.1. The normalized spacial score (nSPS) is 20.8. The molecular weight excluding hydrogens is 470 g/mol. The Kier molecular flexibility index (Phi) is 8.04. The molecule has 0 aliphatic carbocycles. The monoisotopic (exact) mass is 501 g/mol. The number of methoxy groups -OCH3 is 1. The Hall–Kier alpha value is -2.95. The Morgan fingerprint density at radius 2 is 1.86 bits per heavy atom. The van der Waals surface area contributed by atoms with Crippen molar-refractivity contribution in [2.45, 2.75) is 36.7 Å². The van der Waals surface area contributed by atoms with Gasteiger partial charge in [0.2, 0.25) is 15.9 Å². The summed E-state index contributed by atoms with van der Waals surface area (Å²) in [7, 11) is -2.22. The average molecular weight is 502 g/mol. The van der Waals surface area contributed by atoms with Crippen molar-refractivity contribution in [2.24, 2.45) is 5.92 Å². The lowest BCUT2D eigenvalue weighted by molar-refractivity contribution is -0.120. The number of piperidine rings is 1. The van der Waals surface area contributed by atoms with E-state index in [-0.39, 0.29) is 29.4 Å². The van der Waals surface area contributed by atoms with Crippen LogP contribution in [0.15, 0.2) is 53.4 Å². The minimum Gasteiger partial charge on any atom is -0.497 e. The van der Waals surface area contributed by atoms with Crippen LogP contribution in [-0.2, 0) is 19.6 Å². The molecule has 0 unspecified atom stereocenters. The molecule has 2 N–H and O–H groups in total. The lowest BCUT2D eigenvalue weighted by Crippen LogP contribution is -2.43. The lowest BCUT2D eigenvalue weighted by atomic mass is 9.98. The zero-order chi connectivity index (χ0) is 24.8. The number of hydrogen-bond donors (Lipinski definition) is 2. The van der Waals surface area contributed by atoms with Crippen molar-refractivity contribution in [1.29, 1.82) is 0 Å². The highest BCUT2D eigenvalue weighted by Crippen LogP contribution is 2.26. The average Bonchev–Trinajstić information content (AvgIpc) is 3.41. The van der Waals surface area contributed by atoms with Gasteiger partial charge in [0.1, 0.15) is 5.75 Å². The molecule has 2 fully saturated rings. The number of ether oxygens (including phenoxy) is 2. The summed E-state index contributed by atoms with van der Waals surface area (Å²) >= 11 is 0. The topological polar surface area (TPSA) is 114 Å². The molecule has 0 aromatic heterocycles. The fourth-order valence-electron chi connectivity index (χ4n) is 4.40. The Morgan fingerprint density at radius 1 is 1.09 bits per heavy atom. The van der Waals surface area contributed by atoms with Gasteiger partial charge >= 0.3 is 0 Å². The number of para-hydroxylation sites is 1. The number of hydrogen-bond acceptors (Lipinski definition) is 6. The summed E-state index contributed by atoms with van der Waals surface area (Å²) in [5.41, 5.74) is 0.759. The minimum atomic E-state index is -3.74. The first-order valence-corrected chi connectivity index (χ1v) is 13.3. The third-order valence-electron chi connectivity index (χ3n) is 6.40. The molecule has 2 heterocycles.